The molecule has 0 radical (unpaired) electrons. The summed E-state index contributed by atoms with van der Waals surface area (Å²) in [7, 11) is 0. The molecule has 27 heavy (non-hydrogen) atoms. The van der Waals surface area contributed by atoms with Crippen LogP contribution in [0.25, 0.3) is 6.08 Å². The van der Waals surface area contributed by atoms with Crippen LogP contribution >= 0.6 is 0 Å². The summed E-state index contributed by atoms with van der Waals surface area (Å²) in [6.45, 7) is 6.47. The molecule has 0 spiro atoms. The number of ether oxygens (including phenoxy) is 1. The van der Waals surface area contributed by atoms with E-state index in [4.69, 9.17) is 4.74 Å². The van der Waals surface area contributed by atoms with Crippen molar-refractivity contribution in [2.45, 2.75) is 38.0 Å². The third-order valence-corrected chi connectivity index (χ3v) is 5.47. The third-order valence-electron chi connectivity index (χ3n) is 5.47. The molecule has 2 aromatic carbocycles. The highest BCUT2D eigenvalue weighted by Crippen LogP contribution is 2.34. The zero-order valence-electron chi connectivity index (χ0n) is 16.3. The van der Waals surface area contributed by atoms with Gasteiger partial charge in [-0.3, -0.25) is 4.79 Å². The predicted molar refractivity (Wildman–Crippen MR) is 111 cm³/mol. The Morgan fingerprint density at radius 2 is 1.74 bits per heavy atom. The molecule has 0 saturated carbocycles. The molecular weight excluding hydrogens is 334 g/mol. The van der Waals surface area contributed by atoms with Gasteiger partial charge in [-0.15, -0.1) is 0 Å². The fraction of sp³-hybridized carbons (Fsp3) is 0.375. The van der Waals surface area contributed by atoms with Crippen molar-refractivity contribution in [3.8, 4) is 0 Å². The van der Waals surface area contributed by atoms with Gasteiger partial charge in [0.25, 0.3) is 0 Å². The van der Waals surface area contributed by atoms with Crippen LogP contribution in [0.3, 0.4) is 0 Å². The van der Waals surface area contributed by atoms with Crippen molar-refractivity contribution in [1.82, 2.24) is 5.32 Å². The van der Waals surface area contributed by atoms with Crippen molar-refractivity contribution in [3.63, 3.8) is 0 Å². The molecule has 1 saturated heterocycles. The summed E-state index contributed by atoms with van der Waals surface area (Å²) in [5.41, 5.74) is 3.59. The van der Waals surface area contributed by atoms with Gasteiger partial charge in [0.15, 0.2) is 0 Å². The SMILES string of the molecule is CC(C)c1ccc(/C=C/C(=O)NCC2(c3ccccc3)CCOCC2)cc1. The van der Waals surface area contributed by atoms with E-state index in [1.807, 2.05) is 12.1 Å². The molecule has 0 unspecified atom stereocenters. The molecular formula is C24H29NO2. The second kappa shape index (κ2) is 9.01. The van der Waals surface area contributed by atoms with Gasteiger partial charge in [-0.05, 0) is 41.5 Å². The van der Waals surface area contributed by atoms with Crippen molar-refractivity contribution >= 4 is 12.0 Å². The first-order valence-corrected chi connectivity index (χ1v) is 9.78. The minimum absolute atomic E-state index is 0.0398. The van der Waals surface area contributed by atoms with Gasteiger partial charge < -0.3 is 10.1 Å². The Kier molecular flexibility index (Phi) is 6.46. The number of hydrogen-bond acceptors (Lipinski definition) is 2. The quantitative estimate of drug-likeness (QED) is 0.756. The molecule has 0 bridgehead atoms. The van der Waals surface area contributed by atoms with Crippen molar-refractivity contribution < 1.29 is 9.53 Å². The molecule has 1 aliphatic rings. The molecule has 142 valence electrons. The molecule has 1 aliphatic heterocycles. The molecule has 1 fully saturated rings. The minimum atomic E-state index is -0.0512. The van der Waals surface area contributed by atoms with E-state index in [0.717, 1.165) is 31.6 Å². The van der Waals surface area contributed by atoms with Crippen LogP contribution in [0.15, 0.2) is 60.7 Å². The fourth-order valence-electron chi connectivity index (χ4n) is 3.60. The average Bonchev–Trinajstić information content (AvgIpc) is 2.72. The Labute approximate surface area is 162 Å². The van der Waals surface area contributed by atoms with E-state index >= 15 is 0 Å². The Balaban J connectivity index is 1.62. The monoisotopic (exact) mass is 363 g/mol. The number of hydrogen-bond donors (Lipinski definition) is 1. The standard InChI is InChI=1S/C24H29NO2/c1-19(2)21-11-8-20(9-12-21)10-13-23(26)25-18-24(14-16-27-17-15-24)22-6-4-3-5-7-22/h3-13,19H,14-18H2,1-2H3,(H,25,26)/b13-10+. The molecule has 3 nitrogen and oxygen atoms in total. The fourth-order valence-corrected chi connectivity index (χ4v) is 3.60. The lowest BCUT2D eigenvalue weighted by Crippen LogP contribution is -2.44. The zero-order chi connectivity index (χ0) is 19.1. The van der Waals surface area contributed by atoms with Crippen LogP contribution in [0.5, 0.6) is 0 Å². The second-order valence-corrected chi connectivity index (χ2v) is 7.63. The first kappa shape index (κ1) is 19.4. The van der Waals surface area contributed by atoms with Crippen LogP contribution < -0.4 is 5.32 Å². The lowest BCUT2D eigenvalue weighted by Gasteiger charge is -2.37. The highest BCUT2D eigenvalue weighted by molar-refractivity contribution is 5.91. The summed E-state index contributed by atoms with van der Waals surface area (Å²) in [4.78, 5) is 12.4. The largest absolute Gasteiger partial charge is 0.381 e. The van der Waals surface area contributed by atoms with Crippen LogP contribution in [0.2, 0.25) is 0 Å². The number of rotatable bonds is 6. The maximum Gasteiger partial charge on any atom is 0.244 e. The summed E-state index contributed by atoms with van der Waals surface area (Å²) in [6, 6.07) is 18.8. The van der Waals surface area contributed by atoms with Gasteiger partial charge in [-0.25, -0.2) is 0 Å². The maximum atomic E-state index is 12.4. The van der Waals surface area contributed by atoms with Crippen molar-refractivity contribution in [2.75, 3.05) is 19.8 Å². The van der Waals surface area contributed by atoms with E-state index in [9.17, 15) is 4.79 Å². The van der Waals surface area contributed by atoms with Gasteiger partial charge in [0, 0.05) is 31.2 Å². The van der Waals surface area contributed by atoms with Crippen LogP contribution in [0.1, 0.15) is 49.3 Å². The number of carbonyl (C=O) groups excluding carboxylic acids is 1. The number of amides is 1. The highest BCUT2D eigenvalue weighted by atomic mass is 16.5. The Morgan fingerprint density at radius 1 is 1.07 bits per heavy atom. The molecule has 0 atom stereocenters. The Morgan fingerprint density at radius 3 is 2.37 bits per heavy atom. The molecule has 3 heteroatoms. The first-order valence-electron chi connectivity index (χ1n) is 9.78. The van der Waals surface area contributed by atoms with Crippen LogP contribution in [-0.4, -0.2) is 25.7 Å². The lowest BCUT2D eigenvalue weighted by molar-refractivity contribution is -0.116. The van der Waals surface area contributed by atoms with Gasteiger partial charge in [0.05, 0.1) is 0 Å². The van der Waals surface area contributed by atoms with E-state index in [1.54, 1.807) is 6.08 Å². The molecule has 0 aromatic heterocycles. The topological polar surface area (TPSA) is 38.3 Å². The van der Waals surface area contributed by atoms with Crippen LogP contribution in [0.4, 0.5) is 0 Å². The average molecular weight is 364 g/mol. The summed E-state index contributed by atoms with van der Waals surface area (Å²) >= 11 is 0. The number of nitrogens with one attached hydrogen (secondary N) is 1. The molecule has 1 amide bonds. The third kappa shape index (κ3) is 5.08. The van der Waals surface area contributed by atoms with Crippen molar-refractivity contribution in [2.24, 2.45) is 0 Å². The predicted octanol–water partition coefficient (Wildman–Crippen LogP) is 4.69. The van der Waals surface area contributed by atoms with Crippen LogP contribution in [0, 0.1) is 0 Å². The smallest absolute Gasteiger partial charge is 0.244 e. The molecule has 2 aromatic rings. The number of benzene rings is 2. The van der Waals surface area contributed by atoms with Crippen molar-refractivity contribution in [3.05, 3.63) is 77.4 Å². The second-order valence-electron chi connectivity index (χ2n) is 7.63. The molecule has 1 N–H and O–H groups in total. The minimum Gasteiger partial charge on any atom is -0.381 e. The first-order chi connectivity index (χ1) is 13.1. The van der Waals surface area contributed by atoms with E-state index < -0.39 is 0 Å². The van der Waals surface area contributed by atoms with Gasteiger partial charge in [-0.2, -0.15) is 0 Å². The Hall–Kier alpha value is -2.39. The van der Waals surface area contributed by atoms with Gasteiger partial charge in [0.1, 0.15) is 0 Å². The maximum absolute atomic E-state index is 12.4. The van der Waals surface area contributed by atoms with E-state index in [1.165, 1.54) is 11.1 Å². The van der Waals surface area contributed by atoms with Gasteiger partial charge >= 0.3 is 0 Å². The number of carbonyl (C=O) groups is 1. The van der Waals surface area contributed by atoms with Gasteiger partial charge in [-0.1, -0.05) is 68.4 Å². The lowest BCUT2D eigenvalue weighted by atomic mass is 9.74. The van der Waals surface area contributed by atoms with Crippen molar-refractivity contribution in [1.29, 1.82) is 0 Å². The van der Waals surface area contributed by atoms with E-state index in [-0.39, 0.29) is 11.3 Å². The molecule has 1 heterocycles. The van der Waals surface area contributed by atoms with Gasteiger partial charge in [0.2, 0.25) is 5.91 Å². The van der Waals surface area contributed by atoms with E-state index in [2.05, 4.69) is 67.7 Å². The summed E-state index contributed by atoms with van der Waals surface area (Å²) < 4.78 is 5.56. The van der Waals surface area contributed by atoms with E-state index in [0.29, 0.717) is 12.5 Å². The summed E-state index contributed by atoms with van der Waals surface area (Å²) in [5, 5.41) is 3.11. The molecule has 0 aliphatic carbocycles. The Bertz CT molecular complexity index is 757. The zero-order valence-corrected chi connectivity index (χ0v) is 16.3. The summed E-state index contributed by atoms with van der Waals surface area (Å²) in [5.74, 6) is 0.463. The molecule has 3 rings (SSSR count). The normalized spacial score (nSPS) is 16.6. The van der Waals surface area contributed by atoms with Crippen LogP contribution in [-0.2, 0) is 14.9 Å². The summed E-state index contributed by atoms with van der Waals surface area (Å²) in [6.07, 6.45) is 5.36. The highest BCUT2D eigenvalue weighted by Gasteiger charge is 2.34.